The quantitative estimate of drug-likeness (QED) is 0.685. The normalized spacial score (nSPS) is 15.6. The first-order valence-corrected chi connectivity index (χ1v) is 9.99. The molecule has 1 aliphatic rings. The second kappa shape index (κ2) is 8.20. The highest BCUT2D eigenvalue weighted by molar-refractivity contribution is 5.75. The van der Waals surface area contributed by atoms with Crippen molar-refractivity contribution in [3.05, 3.63) is 70.3 Å². The second-order valence-electron chi connectivity index (χ2n) is 7.82. The van der Waals surface area contributed by atoms with Crippen molar-refractivity contribution in [3.8, 4) is 11.8 Å². The Kier molecular flexibility index (Phi) is 5.91. The fourth-order valence-corrected chi connectivity index (χ4v) is 3.56. The van der Waals surface area contributed by atoms with Gasteiger partial charge in [0, 0.05) is 17.7 Å². The standard InChI is InChI=1S/C25H28O3/c1-5-28-25(14-15-25)23-13-10-20(16-22(23)17(2)3)7-6-19-8-11-21(12-9-19)18(4)24(26)27/h8-13,16-18H,5,14-15H2,1-4H3,(H,26,27). The Labute approximate surface area is 167 Å². The van der Waals surface area contributed by atoms with Gasteiger partial charge in [-0.05, 0) is 73.6 Å². The number of hydrogen-bond donors (Lipinski definition) is 1. The minimum absolute atomic E-state index is 0.0863. The molecule has 3 heteroatoms. The van der Waals surface area contributed by atoms with Crippen LogP contribution in [0, 0.1) is 11.8 Å². The van der Waals surface area contributed by atoms with Crippen molar-refractivity contribution in [2.45, 2.75) is 58.0 Å². The molecule has 0 aromatic heterocycles. The van der Waals surface area contributed by atoms with Crippen molar-refractivity contribution in [2.24, 2.45) is 0 Å². The van der Waals surface area contributed by atoms with Gasteiger partial charge in [-0.1, -0.05) is 43.9 Å². The number of ether oxygens (including phenoxy) is 1. The zero-order valence-electron chi connectivity index (χ0n) is 17.1. The Morgan fingerprint density at radius 3 is 2.21 bits per heavy atom. The molecule has 0 spiro atoms. The summed E-state index contributed by atoms with van der Waals surface area (Å²) in [4.78, 5) is 11.1. The Balaban J connectivity index is 1.84. The van der Waals surface area contributed by atoms with Gasteiger partial charge in [0.05, 0.1) is 11.5 Å². The van der Waals surface area contributed by atoms with Crippen molar-refractivity contribution in [1.82, 2.24) is 0 Å². The summed E-state index contributed by atoms with van der Waals surface area (Å²) in [6.45, 7) is 8.89. The van der Waals surface area contributed by atoms with Crippen molar-refractivity contribution in [2.75, 3.05) is 6.61 Å². The first kappa shape index (κ1) is 20.2. The van der Waals surface area contributed by atoms with Crippen LogP contribution in [-0.4, -0.2) is 17.7 Å². The summed E-state index contributed by atoms with van der Waals surface area (Å²) in [6.07, 6.45) is 2.18. The molecule has 1 unspecified atom stereocenters. The minimum atomic E-state index is -0.819. The highest BCUT2D eigenvalue weighted by Crippen LogP contribution is 2.51. The molecule has 0 aliphatic heterocycles. The van der Waals surface area contributed by atoms with E-state index >= 15 is 0 Å². The molecular weight excluding hydrogens is 348 g/mol. The summed E-state index contributed by atoms with van der Waals surface area (Å²) in [6, 6.07) is 13.9. The summed E-state index contributed by atoms with van der Waals surface area (Å²) in [5.74, 6) is 5.52. The summed E-state index contributed by atoms with van der Waals surface area (Å²) in [7, 11) is 0. The van der Waals surface area contributed by atoms with Crippen LogP contribution < -0.4 is 0 Å². The van der Waals surface area contributed by atoms with Crippen LogP contribution in [0.2, 0.25) is 0 Å². The van der Waals surface area contributed by atoms with Gasteiger partial charge in [0.2, 0.25) is 0 Å². The molecule has 0 heterocycles. The van der Waals surface area contributed by atoms with Crippen molar-refractivity contribution in [3.63, 3.8) is 0 Å². The number of hydrogen-bond acceptors (Lipinski definition) is 2. The third kappa shape index (κ3) is 4.29. The zero-order chi connectivity index (χ0) is 20.3. The molecule has 0 radical (unpaired) electrons. The first-order chi connectivity index (χ1) is 13.4. The molecule has 1 saturated carbocycles. The van der Waals surface area contributed by atoms with Crippen LogP contribution in [0.4, 0.5) is 0 Å². The van der Waals surface area contributed by atoms with E-state index in [1.165, 1.54) is 11.1 Å². The van der Waals surface area contributed by atoms with Gasteiger partial charge < -0.3 is 9.84 Å². The molecule has 3 nitrogen and oxygen atoms in total. The molecular formula is C25H28O3. The number of carbonyl (C=O) groups is 1. The van der Waals surface area contributed by atoms with E-state index in [1.807, 2.05) is 24.3 Å². The average molecular weight is 376 g/mol. The summed E-state index contributed by atoms with van der Waals surface area (Å²) in [5.41, 5.74) is 5.18. The molecule has 0 amide bonds. The van der Waals surface area contributed by atoms with Gasteiger partial charge in [-0.15, -0.1) is 0 Å². The number of aliphatic carboxylic acids is 1. The first-order valence-electron chi connectivity index (χ1n) is 9.99. The van der Waals surface area contributed by atoms with E-state index in [2.05, 4.69) is 50.8 Å². The van der Waals surface area contributed by atoms with E-state index in [0.29, 0.717) is 5.92 Å². The largest absolute Gasteiger partial charge is 0.481 e. The molecule has 0 saturated heterocycles. The molecule has 2 aromatic rings. The van der Waals surface area contributed by atoms with Crippen molar-refractivity contribution < 1.29 is 14.6 Å². The van der Waals surface area contributed by atoms with Crippen LogP contribution in [-0.2, 0) is 15.1 Å². The highest BCUT2D eigenvalue weighted by Gasteiger charge is 2.46. The maximum Gasteiger partial charge on any atom is 0.310 e. The van der Waals surface area contributed by atoms with Crippen LogP contribution in [0.25, 0.3) is 0 Å². The lowest BCUT2D eigenvalue weighted by Crippen LogP contribution is -2.15. The molecule has 2 aromatic carbocycles. The topological polar surface area (TPSA) is 46.5 Å². The summed E-state index contributed by atoms with van der Waals surface area (Å²) >= 11 is 0. The van der Waals surface area contributed by atoms with E-state index in [4.69, 9.17) is 9.84 Å². The lowest BCUT2D eigenvalue weighted by Gasteiger charge is -2.22. The average Bonchev–Trinajstić information content (AvgIpc) is 3.46. The maximum absolute atomic E-state index is 11.1. The van der Waals surface area contributed by atoms with E-state index in [0.717, 1.165) is 36.1 Å². The van der Waals surface area contributed by atoms with E-state index < -0.39 is 11.9 Å². The van der Waals surface area contributed by atoms with Crippen LogP contribution in [0.1, 0.15) is 80.2 Å². The van der Waals surface area contributed by atoms with E-state index in [1.54, 1.807) is 6.92 Å². The molecule has 146 valence electrons. The zero-order valence-corrected chi connectivity index (χ0v) is 17.1. The van der Waals surface area contributed by atoms with Gasteiger partial charge >= 0.3 is 5.97 Å². The van der Waals surface area contributed by atoms with E-state index in [9.17, 15) is 4.79 Å². The Bertz CT molecular complexity index is 909. The predicted molar refractivity (Wildman–Crippen MR) is 112 cm³/mol. The lowest BCUT2D eigenvalue weighted by molar-refractivity contribution is -0.138. The fourth-order valence-electron chi connectivity index (χ4n) is 3.56. The predicted octanol–water partition coefficient (Wildman–Crippen LogP) is 5.42. The number of carboxylic acid groups (broad SMARTS) is 1. The fraction of sp³-hybridized carbons (Fsp3) is 0.400. The minimum Gasteiger partial charge on any atom is -0.481 e. The van der Waals surface area contributed by atoms with Gasteiger partial charge in [-0.25, -0.2) is 0 Å². The van der Waals surface area contributed by atoms with Gasteiger partial charge in [-0.2, -0.15) is 0 Å². The van der Waals surface area contributed by atoms with E-state index in [-0.39, 0.29) is 5.60 Å². The molecule has 28 heavy (non-hydrogen) atoms. The Morgan fingerprint density at radius 2 is 1.68 bits per heavy atom. The SMILES string of the molecule is CCOC1(c2ccc(C#Cc3ccc(C(C)C(=O)O)cc3)cc2C(C)C)CC1. The smallest absolute Gasteiger partial charge is 0.310 e. The van der Waals surface area contributed by atoms with Gasteiger partial charge in [-0.3, -0.25) is 4.79 Å². The second-order valence-corrected chi connectivity index (χ2v) is 7.82. The Hall–Kier alpha value is -2.57. The number of rotatable bonds is 6. The molecule has 1 aliphatic carbocycles. The van der Waals surface area contributed by atoms with Gasteiger partial charge in [0.15, 0.2) is 0 Å². The molecule has 1 fully saturated rings. The third-order valence-corrected chi connectivity index (χ3v) is 5.42. The lowest BCUT2D eigenvalue weighted by atomic mass is 9.91. The van der Waals surface area contributed by atoms with Gasteiger partial charge in [0.1, 0.15) is 0 Å². The Morgan fingerprint density at radius 1 is 1.07 bits per heavy atom. The molecule has 3 rings (SSSR count). The molecule has 1 N–H and O–H groups in total. The van der Waals surface area contributed by atoms with Crippen LogP contribution >= 0.6 is 0 Å². The summed E-state index contributed by atoms with van der Waals surface area (Å²) < 4.78 is 6.06. The van der Waals surface area contributed by atoms with Crippen molar-refractivity contribution in [1.29, 1.82) is 0 Å². The summed E-state index contributed by atoms with van der Waals surface area (Å²) in [5, 5.41) is 9.11. The highest BCUT2D eigenvalue weighted by atomic mass is 16.5. The third-order valence-electron chi connectivity index (χ3n) is 5.42. The number of benzene rings is 2. The van der Waals surface area contributed by atoms with Gasteiger partial charge in [0.25, 0.3) is 0 Å². The van der Waals surface area contributed by atoms with Crippen LogP contribution in [0.3, 0.4) is 0 Å². The van der Waals surface area contributed by atoms with Crippen molar-refractivity contribution >= 4 is 5.97 Å². The van der Waals surface area contributed by atoms with Crippen LogP contribution in [0.15, 0.2) is 42.5 Å². The number of carboxylic acids is 1. The molecule has 0 bridgehead atoms. The monoisotopic (exact) mass is 376 g/mol. The molecule has 1 atom stereocenters. The van der Waals surface area contributed by atoms with Crippen LogP contribution in [0.5, 0.6) is 0 Å². The maximum atomic E-state index is 11.1.